The van der Waals surface area contributed by atoms with Crippen LogP contribution in [0.2, 0.25) is 0 Å². The van der Waals surface area contributed by atoms with Crippen molar-refractivity contribution in [1.82, 2.24) is 15.1 Å². The number of rotatable bonds is 7. The van der Waals surface area contributed by atoms with Crippen LogP contribution < -0.4 is 5.73 Å². The van der Waals surface area contributed by atoms with Crippen LogP contribution in [0.1, 0.15) is 47.8 Å². The van der Waals surface area contributed by atoms with Crippen LogP contribution in [-0.2, 0) is 9.47 Å². The first-order valence-corrected chi connectivity index (χ1v) is 8.49. The number of aromatic nitrogens is 2. The highest BCUT2D eigenvalue weighted by molar-refractivity contribution is 5.90. The van der Waals surface area contributed by atoms with E-state index in [9.17, 15) is 4.79 Å². The van der Waals surface area contributed by atoms with E-state index in [-0.39, 0.29) is 0 Å². The number of nitrogens with one attached hydrogen (secondary N) is 1. The molecule has 2 fully saturated rings. The van der Waals surface area contributed by atoms with Crippen LogP contribution in [0, 0.1) is 0 Å². The number of carbonyl (C=O) groups excluding carboxylic acids is 1. The summed E-state index contributed by atoms with van der Waals surface area (Å²) >= 11 is 0. The second-order valence-electron chi connectivity index (χ2n) is 6.42. The van der Waals surface area contributed by atoms with Gasteiger partial charge < -0.3 is 20.1 Å². The molecule has 0 spiro atoms. The average molecular weight is 322 g/mol. The molecule has 3 N–H and O–H groups in total. The largest absolute Gasteiger partial charge is 0.377 e. The fourth-order valence-electron chi connectivity index (χ4n) is 3.37. The molecule has 2 saturated heterocycles. The van der Waals surface area contributed by atoms with E-state index in [1.165, 1.54) is 0 Å². The first-order valence-electron chi connectivity index (χ1n) is 8.49. The molecule has 1 aromatic rings. The molecule has 1 aromatic heterocycles. The fraction of sp³-hybridized carbons (Fsp3) is 0.750. The number of nitrogens with zero attached hydrogens (tertiary/aromatic N) is 2. The lowest BCUT2D eigenvalue weighted by atomic mass is 9.94. The van der Waals surface area contributed by atoms with E-state index in [1.54, 1.807) is 6.07 Å². The van der Waals surface area contributed by atoms with Gasteiger partial charge in [0.2, 0.25) is 0 Å². The Morgan fingerprint density at radius 1 is 1.48 bits per heavy atom. The first-order chi connectivity index (χ1) is 11.2. The van der Waals surface area contributed by atoms with Gasteiger partial charge in [-0.2, -0.15) is 5.10 Å². The molecule has 3 rings (SSSR count). The van der Waals surface area contributed by atoms with Crippen molar-refractivity contribution in [2.45, 2.75) is 37.7 Å². The second-order valence-corrected chi connectivity index (χ2v) is 6.42. The Labute approximate surface area is 136 Å². The molecule has 7 heteroatoms. The molecule has 1 amide bonds. The van der Waals surface area contributed by atoms with Gasteiger partial charge in [-0.25, -0.2) is 0 Å². The number of likely N-dealkylation sites (tertiary alicyclic amines) is 1. The predicted octanol–water partition coefficient (Wildman–Crippen LogP) is 0.884. The van der Waals surface area contributed by atoms with Gasteiger partial charge in [0.15, 0.2) is 0 Å². The molecule has 0 saturated carbocycles. The number of aromatic amines is 1. The SMILES string of the molecule is NC(=O)c1cc([C@H]2CCCN(CCOC[C@H]3CCCO3)C2)[nH]n1. The lowest BCUT2D eigenvalue weighted by Gasteiger charge is -2.32. The summed E-state index contributed by atoms with van der Waals surface area (Å²) in [7, 11) is 0. The number of H-pyrrole nitrogens is 1. The van der Waals surface area contributed by atoms with E-state index < -0.39 is 5.91 Å². The maximum absolute atomic E-state index is 11.1. The Kier molecular flexibility index (Phi) is 5.64. The van der Waals surface area contributed by atoms with Crippen molar-refractivity contribution >= 4 is 5.91 Å². The van der Waals surface area contributed by atoms with Gasteiger partial charge in [-0.3, -0.25) is 9.89 Å². The lowest BCUT2D eigenvalue weighted by molar-refractivity contribution is 0.00849. The summed E-state index contributed by atoms with van der Waals surface area (Å²) in [6.45, 7) is 5.31. The summed E-state index contributed by atoms with van der Waals surface area (Å²) in [6, 6.07) is 1.78. The first kappa shape index (κ1) is 16.4. The van der Waals surface area contributed by atoms with E-state index in [0.717, 1.165) is 64.2 Å². The number of primary amides is 1. The molecule has 2 atom stereocenters. The van der Waals surface area contributed by atoms with Crippen molar-refractivity contribution in [2.75, 3.05) is 39.5 Å². The molecule has 7 nitrogen and oxygen atoms in total. The third-order valence-corrected chi connectivity index (χ3v) is 4.68. The van der Waals surface area contributed by atoms with E-state index in [2.05, 4.69) is 15.1 Å². The van der Waals surface area contributed by atoms with E-state index in [0.29, 0.717) is 24.3 Å². The van der Waals surface area contributed by atoms with Crippen LogP contribution in [0.3, 0.4) is 0 Å². The summed E-state index contributed by atoms with van der Waals surface area (Å²) in [6.07, 6.45) is 4.81. The average Bonchev–Trinajstić information content (AvgIpc) is 3.23. The van der Waals surface area contributed by atoms with Gasteiger partial charge >= 0.3 is 0 Å². The zero-order chi connectivity index (χ0) is 16.1. The Bertz CT molecular complexity index is 513. The van der Waals surface area contributed by atoms with E-state index in [1.807, 2.05) is 0 Å². The number of hydrogen-bond donors (Lipinski definition) is 2. The predicted molar refractivity (Wildman–Crippen MR) is 85.3 cm³/mol. The zero-order valence-corrected chi connectivity index (χ0v) is 13.5. The van der Waals surface area contributed by atoms with Crippen molar-refractivity contribution in [3.8, 4) is 0 Å². The van der Waals surface area contributed by atoms with Gasteiger partial charge in [-0.15, -0.1) is 0 Å². The zero-order valence-electron chi connectivity index (χ0n) is 13.5. The number of hydrogen-bond acceptors (Lipinski definition) is 5. The second kappa shape index (κ2) is 7.90. The molecule has 0 radical (unpaired) electrons. The van der Waals surface area contributed by atoms with Gasteiger partial charge in [0.25, 0.3) is 5.91 Å². The van der Waals surface area contributed by atoms with E-state index in [4.69, 9.17) is 15.2 Å². The monoisotopic (exact) mass is 322 g/mol. The quantitative estimate of drug-likeness (QED) is 0.727. The topological polar surface area (TPSA) is 93.5 Å². The molecule has 0 bridgehead atoms. The van der Waals surface area contributed by atoms with Gasteiger partial charge in [-0.05, 0) is 38.3 Å². The molecule has 3 heterocycles. The highest BCUT2D eigenvalue weighted by Crippen LogP contribution is 2.25. The number of nitrogens with two attached hydrogens (primary N) is 1. The summed E-state index contributed by atoms with van der Waals surface area (Å²) in [4.78, 5) is 13.6. The van der Waals surface area contributed by atoms with Gasteiger partial charge in [0.1, 0.15) is 5.69 Å². The lowest BCUT2D eigenvalue weighted by Crippen LogP contribution is -2.37. The minimum atomic E-state index is -0.484. The summed E-state index contributed by atoms with van der Waals surface area (Å²) in [5, 5.41) is 6.94. The Morgan fingerprint density at radius 2 is 2.39 bits per heavy atom. The van der Waals surface area contributed by atoms with Crippen LogP contribution in [0.4, 0.5) is 0 Å². The van der Waals surface area contributed by atoms with Crippen molar-refractivity contribution in [2.24, 2.45) is 5.73 Å². The maximum atomic E-state index is 11.1. The van der Waals surface area contributed by atoms with Crippen LogP contribution in [0.25, 0.3) is 0 Å². The molecule has 0 aromatic carbocycles. The van der Waals surface area contributed by atoms with Crippen LogP contribution in [0.15, 0.2) is 6.07 Å². The van der Waals surface area contributed by atoms with E-state index >= 15 is 0 Å². The number of piperidine rings is 1. The van der Waals surface area contributed by atoms with Gasteiger partial charge in [0, 0.05) is 31.3 Å². The molecule has 2 aliphatic heterocycles. The molecule has 0 unspecified atom stereocenters. The molecule has 2 aliphatic rings. The minimum absolute atomic E-state index is 0.293. The fourth-order valence-corrected chi connectivity index (χ4v) is 3.37. The number of carbonyl (C=O) groups is 1. The number of amides is 1. The van der Waals surface area contributed by atoms with Crippen LogP contribution >= 0.6 is 0 Å². The van der Waals surface area contributed by atoms with Crippen LogP contribution in [0.5, 0.6) is 0 Å². The normalized spacial score (nSPS) is 25.7. The van der Waals surface area contributed by atoms with Gasteiger partial charge in [-0.1, -0.05) is 0 Å². The molecule has 23 heavy (non-hydrogen) atoms. The molecule has 128 valence electrons. The Hall–Kier alpha value is -1.44. The van der Waals surface area contributed by atoms with Gasteiger partial charge in [0.05, 0.1) is 19.3 Å². The molecule has 0 aliphatic carbocycles. The van der Waals surface area contributed by atoms with Crippen molar-refractivity contribution in [3.63, 3.8) is 0 Å². The summed E-state index contributed by atoms with van der Waals surface area (Å²) in [5.74, 6) is -0.106. The Balaban J connectivity index is 1.41. The highest BCUT2D eigenvalue weighted by atomic mass is 16.5. The summed E-state index contributed by atoms with van der Waals surface area (Å²) < 4.78 is 11.3. The third kappa shape index (κ3) is 4.53. The van der Waals surface area contributed by atoms with Crippen molar-refractivity contribution in [1.29, 1.82) is 0 Å². The smallest absolute Gasteiger partial charge is 0.269 e. The van der Waals surface area contributed by atoms with Crippen LogP contribution in [-0.4, -0.2) is 66.6 Å². The number of ether oxygens (including phenoxy) is 2. The molecular weight excluding hydrogens is 296 g/mol. The minimum Gasteiger partial charge on any atom is -0.377 e. The highest BCUT2D eigenvalue weighted by Gasteiger charge is 2.23. The maximum Gasteiger partial charge on any atom is 0.269 e. The molecular formula is C16H26N4O3. The van der Waals surface area contributed by atoms with Crippen molar-refractivity contribution in [3.05, 3.63) is 17.5 Å². The standard InChI is InChI=1S/C16H26N4O3/c17-16(21)15-9-14(18-19-15)12-3-1-5-20(10-12)6-8-22-11-13-4-2-7-23-13/h9,12-13H,1-8,10-11H2,(H2,17,21)(H,18,19)/t12-,13+/m0/s1. The Morgan fingerprint density at radius 3 is 3.13 bits per heavy atom. The van der Waals surface area contributed by atoms with Crippen molar-refractivity contribution < 1.29 is 14.3 Å². The third-order valence-electron chi connectivity index (χ3n) is 4.68. The summed E-state index contributed by atoms with van der Waals surface area (Å²) in [5.41, 5.74) is 6.58.